The summed E-state index contributed by atoms with van der Waals surface area (Å²) < 4.78 is 7.18. The smallest absolute Gasteiger partial charge is 0.275 e. The topological polar surface area (TPSA) is 99.0 Å². The van der Waals surface area contributed by atoms with Gasteiger partial charge in [-0.05, 0) is 43.9 Å². The van der Waals surface area contributed by atoms with Gasteiger partial charge in [-0.15, -0.1) is 14.3 Å². The van der Waals surface area contributed by atoms with E-state index in [9.17, 15) is 9.59 Å². The molecule has 3 aliphatic carbocycles. The number of hydrogen-bond donors (Lipinski definition) is 1. The van der Waals surface area contributed by atoms with Gasteiger partial charge in [0.15, 0.2) is 0 Å². The fraction of sp³-hybridized carbons (Fsp3) is 0.450. The monoisotopic (exact) mass is 411 g/mol. The summed E-state index contributed by atoms with van der Waals surface area (Å²) >= 11 is 0. The second kappa shape index (κ2) is 7.34. The Morgan fingerprint density at radius 3 is 2.66 bits per heavy atom. The van der Waals surface area contributed by atoms with Crippen LogP contribution in [0.3, 0.4) is 0 Å². The molecule has 0 aliphatic heterocycles. The van der Waals surface area contributed by atoms with Gasteiger partial charge in [0.05, 0.1) is 0 Å². The number of anilines is 1. The molecule has 0 bridgehead atoms. The first-order valence-corrected chi connectivity index (χ1v) is 10.5. The van der Waals surface area contributed by atoms with Crippen molar-refractivity contribution in [2.24, 2.45) is 11.8 Å². The number of carbonyl (C=O) groups excluding carboxylic acids is 1. The van der Waals surface area contributed by atoms with E-state index in [1.165, 1.54) is 17.5 Å². The molecular weight excluding hydrogens is 389 g/mol. The lowest BCUT2D eigenvalue weighted by molar-refractivity contribution is -0.117. The number of nitrogens with one attached hydrogen (secondary N) is 1. The van der Waals surface area contributed by atoms with Crippen molar-refractivity contribution in [2.75, 3.05) is 5.32 Å². The predicted molar refractivity (Wildman–Crippen MR) is 111 cm³/mol. The fourth-order valence-corrected chi connectivity index (χ4v) is 3.72. The van der Waals surface area contributed by atoms with Crippen molar-refractivity contribution in [1.82, 2.24) is 19.7 Å². The molecule has 0 radical (unpaired) electrons. The number of rotatable bonds is 6. The van der Waals surface area contributed by atoms with Gasteiger partial charge in [0.25, 0.3) is 5.56 Å². The third kappa shape index (κ3) is 4.08. The van der Waals surface area contributed by atoms with Gasteiger partial charge >= 0.3 is 0 Å². The quantitative estimate of drug-likeness (QED) is 0.656. The largest absolute Gasteiger partial charge is 0.473 e. The standard InChI is InChI=1S/C20H22N5O3P/c26-17(23-20-21-8-14(29)9-22-20)10-25-19(27)15-6-3-12(11-1-2-11)7-16(15)18(24-25)28-13-4-5-13/h6-9,11-13H,1-5,10,29H2,(H,21,22,23,26). The van der Waals surface area contributed by atoms with E-state index in [1.54, 1.807) is 12.4 Å². The van der Waals surface area contributed by atoms with Gasteiger partial charge in [0.2, 0.25) is 17.7 Å². The van der Waals surface area contributed by atoms with E-state index in [0.29, 0.717) is 22.9 Å². The van der Waals surface area contributed by atoms with Crippen LogP contribution in [0.25, 0.3) is 12.2 Å². The number of nitrogens with zero attached hydrogens (tertiary/aromatic N) is 4. The number of amides is 1. The Hall–Kier alpha value is -2.60. The first-order valence-electron chi connectivity index (χ1n) is 9.94. The summed E-state index contributed by atoms with van der Waals surface area (Å²) in [5.74, 6) is 1.38. The molecule has 1 amide bonds. The van der Waals surface area contributed by atoms with Crippen LogP contribution in [-0.4, -0.2) is 31.8 Å². The maximum absolute atomic E-state index is 13.0. The van der Waals surface area contributed by atoms with Crippen molar-refractivity contribution >= 4 is 38.6 Å². The van der Waals surface area contributed by atoms with E-state index in [-0.39, 0.29) is 24.2 Å². The third-order valence-corrected chi connectivity index (χ3v) is 5.72. The van der Waals surface area contributed by atoms with E-state index in [1.807, 2.05) is 6.08 Å². The van der Waals surface area contributed by atoms with E-state index < -0.39 is 5.91 Å². The van der Waals surface area contributed by atoms with Crippen molar-refractivity contribution in [3.8, 4) is 5.88 Å². The molecule has 1 N–H and O–H groups in total. The molecule has 2 aromatic rings. The molecule has 0 aromatic carbocycles. The Morgan fingerprint density at radius 1 is 1.21 bits per heavy atom. The molecule has 150 valence electrons. The highest BCUT2D eigenvalue weighted by Gasteiger charge is 2.31. The van der Waals surface area contributed by atoms with Gasteiger partial charge in [0.1, 0.15) is 12.6 Å². The van der Waals surface area contributed by atoms with Crippen molar-refractivity contribution < 1.29 is 9.53 Å². The van der Waals surface area contributed by atoms with Gasteiger partial charge in [-0.2, -0.15) is 0 Å². The molecule has 8 nitrogen and oxygen atoms in total. The van der Waals surface area contributed by atoms with Crippen LogP contribution in [0.4, 0.5) is 5.95 Å². The van der Waals surface area contributed by atoms with Crippen LogP contribution in [0.1, 0.15) is 32.1 Å². The molecule has 2 heterocycles. The summed E-state index contributed by atoms with van der Waals surface area (Å²) in [4.78, 5) is 33.5. The van der Waals surface area contributed by atoms with E-state index in [4.69, 9.17) is 4.74 Å². The van der Waals surface area contributed by atoms with Crippen LogP contribution in [0, 0.1) is 11.8 Å². The maximum Gasteiger partial charge on any atom is 0.275 e. The first-order chi connectivity index (χ1) is 14.1. The minimum atomic E-state index is -0.413. The summed E-state index contributed by atoms with van der Waals surface area (Å²) in [6.07, 6.45) is 12.8. The number of fused-ring (bicyclic) bond motifs is 1. The second-order valence-corrected chi connectivity index (χ2v) is 8.58. The molecular formula is C20H22N5O3P. The van der Waals surface area contributed by atoms with Gasteiger partial charge in [-0.1, -0.05) is 12.2 Å². The lowest BCUT2D eigenvalue weighted by Gasteiger charge is -2.16. The van der Waals surface area contributed by atoms with Crippen molar-refractivity contribution in [1.29, 1.82) is 0 Å². The number of carbonyl (C=O) groups is 1. The molecule has 2 unspecified atom stereocenters. The molecule has 2 atom stereocenters. The Balaban J connectivity index is 1.45. The highest BCUT2D eigenvalue weighted by molar-refractivity contribution is 7.27. The van der Waals surface area contributed by atoms with Crippen molar-refractivity contribution in [2.45, 2.75) is 44.8 Å². The summed E-state index contributed by atoms with van der Waals surface area (Å²) in [6.45, 7) is -0.223. The SMILES string of the molecule is O=C(Cn1nc(OC2CC2)c2c(c1=O)=CCC(C1CC1)C=2)Nc1ncc(P)cn1. The zero-order valence-electron chi connectivity index (χ0n) is 15.9. The molecule has 2 saturated carbocycles. The number of ether oxygens (including phenoxy) is 1. The summed E-state index contributed by atoms with van der Waals surface area (Å²) in [5.41, 5.74) is -0.273. The second-order valence-electron chi connectivity index (χ2n) is 7.91. The number of hydrogen-bond acceptors (Lipinski definition) is 6. The lowest BCUT2D eigenvalue weighted by atomic mass is 9.94. The summed E-state index contributed by atoms with van der Waals surface area (Å²) in [6, 6.07) is 0. The molecule has 2 aromatic heterocycles. The van der Waals surface area contributed by atoms with Crippen LogP contribution in [0.5, 0.6) is 5.88 Å². The van der Waals surface area contributed by atoms with Gasteiger partial charge in [-0.25, -0.2) is 14.6 Å². The Bertz CT molecular complexity index is 1140. The van der Waals surface area contributed by atoms with Crippen LogP contribution in [0.2, 0.25) is 0 Å². The molecule has 0 saturated heterocycles. The summed E-state index contributed by atoms with van der Waals surface area (Å²) in [5, 5.41) is 9.19. The van der Waals surface area contributed by atoms with Gasteiger partial charge < -0.3 is 4.74 Å². The fourth-order valence-electron chi connectivity index (χ4n) is 3.57. The first kappa shape index (κ1) is 18.4. The maximum atomic E-state index is 13.0. The molecule has 5 rings (SSSR count). The van der Waals surface area contributed by atoms with Gasteiger partial charge in [-0.3, -0.25) is 14.9 Å². The average Bonchev–Trinajstić information content (AvgIpc) is 3.61. The zero-order valence-corrected chi connectivity index (χ0v) is 17.0. The van der Waals surface area contributed by atoms with E-state index in [2.05, 4.69) is 35.7 Å². The van der Waals surface area contributed by atoms with Gasteiger partial charge in [0, 0.05) is 28.1 Å². The molecule has 0 spiro atoms. The van der Waals surface area contributed by atoms with Crippen molar-refractivity contribution in [3.05, 3.63) is 33.2 Å². The minimum Gasteiger partial charge on any atom is -0.473 e. The lowest BCUT2D eigenvalue weighted by Crippen LogP contribution is -2.49. The summed E-state index contributed by atoms with van der Waals surface area (Å²) in [7, 11) is 2.48. The number of aromatic nitrogens is 4. The Morgan fingerprint density at radius 2 is 1.97 bits per heavy atom. The van der Waals surface area contributed by atoms with Crippen LogP contribution >= 0.6 is 9.24 Å². The third-order valence-electron chi connectivity index (χ3n) is 5.42. The zero-order chi connectivity index (χ0) is 20.0. The normalized spacial score (nSPS) is 20.2. The minimum absolute atomic E-state index is 0.153. The van der Waals surface area contributed by atoms with Crippen LogP contribution in [-0.2, 0) is 11.3 Å². The highest BCUT2D eigenvalue weighted by atomic mass is 31.0. The highest BCUT2D eigenvalue weighted by Crippen LogP contribution is 2.40. The van der Waals surface area contributed by atoms with E-state index >= 15 is 0 Å². The molecule has 29 heavy (non-hydrogen) atoms. The molecule has 2 fully saturated rings. The molecule has 9 heteroatoms. The molecule has 3 aliphatic rings. The Kier molecular flexibility index (Phi) is 4.66. The average molecular weight is 411 g/mol. The van der Waals surface area contributed by atoms with E-state index in [0.717, 1.165) is 29.8 Å². The Labute approximate surface area is 169 Å². The van der Waals surface area contributed by atoms with Crippen LogP contribution in [0.15, 0.2) is 17.2 Å². The van der Waals surface area contributed by atoms with Crippen LogP contribution < -0.4 is 31.4 Å². The van der Waals surface area contributed by atoms with Crippen molar-refractivity contribution in [3.63, 3.8) is 0 Å². The predicted octanol–water partition coefficient (Wildman–Crippen LogP) is -0.295.